The maximum Gasteiger partial charge on any atom is 0.143 e. The van der Waals surface area contributed by atoms with Crippen LogP contribution in [0.3, 0.4) is 0 Å². The van der Waals surface area contributed by atoms with Gasteiger partial charge in [-0.15, -0.1) is 0 Å². The van der Waals surface area contributed by atoms with Crippen molar-refractivity contribution in [3.8, 4) is 0 Å². The van der Waals surface area contributed by atoms with E-state index in [1.807, 2.05) is 24.9 Å². The first-order chi connectivity index (χ1) is 9.00. The number of pyridine rings is 1. The van der Waals surface area contributed by atoms with E-state index in [9.17, 15) is 4.39 Å². The standard InChI is InChI=1S/C14H13BrClFN2/c1-9(11-5-3-4-6-13(11)17)19(2)14-12(15)7-10(16)8-18-14/h3-9H,1-2H3. The maximum atomic E-state index is 13.8. The van der Waals surface area contributed by atoms with Gasteiger partial charge in [0.25, 0.3) is 0 Å². The monoisotopic (exact) mass is 342 g/mol. The first-order valence-corrected chi connectivity index (χ1v) is 6.96. The molecule has 1 heterocycles. The number of hydrogen-bond donors (Lipinski definition) is 0. The lowest BCUT2D eigenvalue weighted by molar-refractivity contribution is 0.584. The van der Waals surface area contributed by atoms with E-state index in [2.05, 4.69) is 20.9 Å². The summed E-state index contributed by atoms with van der Waals surface area (Å²) in [6, 6.07) is 8.39. The van der Waals surface area contributed by atoms with Crippen LogP contribution in [0.1, 0.15) is 18.5 Å². The van der Waals surface area contributed by atoms with Gasteiger partial charge in [0.2, 0.25) is 0 Å². The number of aromatic nitrogens is 1. The Morgan fingerprint density at radius 2 is 2.05 bits per heavy atom. The van der Waals surface area contributed by atoms with Gasteiger partial charge in [0.05, 0.1) is 15.5 Å². The molecular weight excluding hydrogens is 331 g/mol. The van der Waals surface area contributed by atoms with Crippen molar-refractivity contribution in [1.82, 2.24) is 4.98 Å². The zero-order valence-corrected chi connectivity index (χ0v) is 12.9. The lowest BCUT2D eigenvalue weighted by atomic mass is 10.1. The quantitative estimate of drug-likeness (QED) is 0.793. The van der Waals surface area contributed by atoms with Crippen molar-refractivity contribution in [2.45, 2.75) is 13.0 Å². The molecular formula is C14H13BrClFN2. The summed E-state index contributed by atoms with van der Waals surface area (Å²) in [5.74, 6) is 0.507. The minimum atomic E-state index is -0.216. The van der Waals surface area contributed by atoms with Crippen LogP contribution in [0.4, 0.5) is 10.2 Å². The normalized spacial score (nSPS) is 12.3. The molecule has 1 aromatic heterocycles. The van der Waals surface area contributed by atoms with Crippen LogP contribution in [0.2, 0.25) is 5.02 Å². The summed E-state index contributed by atoms with van der Waals surface area (Å²) in [6.07, 6.45) is 1.58. The molecule has 1 atom stereocenters. The van der Waals surface area contributed by atoms with Gasteiger partial charge >= 0.3 is 0 Å². The van der Waals surface area contributed by atoms with Crippen LogP contribution in [-0.4, -0.2) is 12.0 Å². The molecule has 0 amide bonds. The molecule has 0 aliphatic heterocycles. The summed E-state index contributed by atoms with van der Waals surface area (Å²) < 4.78 is 14.6. The topological polar surface area (TPSA) is 16.1 Å². The van der Waals surface area contributed by atoms with E-state index in [0.717, 1.165) is 10.3 Å². The highest BCUT2D eigenvalue weighted by molar-refractivity contribution is 9.10. The smallest absolute Gasteiger partial charge is 0.143 e. The highest BCUT2D eigenvalue weighted by Gasteiger charge is 2.18. The molecule has 100 valence electrons. The Kier molecular flexibility index (Phi) is 4.42. The molecule has 2 rings (SSSR count). The van der Waals surface area contributed by atoms with Crippen LogP contribution in [0.15, 0.2) is 41.0 Å². The zero-order chi connectivity index (χ0) is 14.0. The maximum absolute atomic E-state index is 13.8. The molecule has 0 bridgehead atoms. The fourth-order valence-corrected chi connectivity index (χ4v) is 2.79. The summed E-state index contributed by atoms with van der Waals surface area (Å²) in [7, 11) is 1.87. The van der Waals surface area contributed by atoms with Crippen molar-refractivity contribution in [3.05, 3.63) is 57.4 Å². The first kappa shape index (κ1) is 14.3. The van der Waals surface area contributed by atoms with E-state index in [0.29, 0.717) is 10.6 Å². The Hall–Kier alpha value is -1.13. The molecule has 0 aliphatic rings. The van der Waals surface area contributed by atoms with E-state index in [4.69, 9.17) is 11.6 Å². The molecule has 1 unspecified atom stereocenters. The van der Waals surface area contributed by atoms with Crippen molar-refractivity contribution in [2.24, 2.45) is 0 Å². The van der Waals surface area contributed by atoms with Crippen LogP contribution < -0.4 is 4.90 Å². The fraction of sp³-hybridized carbons (Fsp3) is 0.214. The van der Waals surface area contributed by atoms with E-state index in [1.54, 1.807) is 24.4 Å². The molecule has 2 nitrogen and oxygen atoms in total. The average molecular weight is 344 g/mol. The van der Waals surface area contributed by atoms with E-state index in [1.165, 1.54) is 6.07 Å². The highest BCUT2D eigenvalue weighted by Crippen LogP contribution is 2.31. The van der Waals surface area contributed by atoms with Gasteiger partial charge in [0.15, 0.2) is 0 Å². The number of anilines is 1. The second-order valence-corrected chi connectivity index (χ2v) is 5.56. The van der Waals surface area contributed by atoms with Crippen LogP contribution in [0.25, 0.3) is 0 Å². The number of hydrogen-bond acceptors (Lipinski definition) is 2. The van der Waals surface area contributed by atoms with Crippen molar-refractivity contribution < 1.29 is 4.39 Å². The molecule has 5 heteroatoms. The predicted molar refractivity (Wildman–Crippen MR) is 80.2 cm³/mol. The van der Waals surface area contributed by atoms with Crippen LogP contribution >= 0.6 is 27.5 Å². The predicted octanol–water partition coefficient (Wildman–Crippen LogP) is 4.83. The molecule has 0 saturated carbocycles. The van der Waals surface area contributed by atoms with Gasteiger partial charge in [-0.05, 0) is 35.0 Å². The van der Waals surface area contributed by atoms with Crippen molar-refractivity contribution in [1.29, 1.82) is 0 Å². The second kappa shape index (κ2) is 5.88. The number of halogens is 3. The van der Waals surface area contributed by atoms with Gasteiger partial charge in [-0.1, -0.05) is 29.8 Å². The van der Waals surface area contributed by atoms with Gasteiger partial charge in [-0.25, -0.2) is 9.37 Å². The Balaban J connectivity index is 2.33. The molecule has 0 aliphatic carbocycles. The largest absolute Gasteiger partial charge is 0.352 e. The third kappa shape index (κ3) is 3.07. The minimum absolute atomic E-state index is 0.133. The molecule has 0 fully saturated rings. The van der Waals surface area contributed by atoms with Gasteiger partial charge in [0, 0.05) is 18.8 Å². The van der Waals surface area contributed by atoms with Crippen molar-refractivity contribution >= 4 is 33.3 Å². The van der Waals surface area contributed by atoms with E-state index in [-0.39, 0.29) is 11.9 Å². The molecule has 0 N–H and O–H groups in total. The van der Waals surface area contributed by atoms with Gasteiger partial charge in [-0.2, -0.15) is 0 Å². The average Bonchev–Trinajstić information content (AvgIpc) is 2.38. The first-order valence-electron chi connectivity index (χ1n) is 5.79. The summed E-state index contributed by atoms with van der Waals surface area (Å²) in [6.45, 7) is 1.93. The van der Waals surface area contributed by atoms with Crippen LogP contribution in [0.5, 0.6) is 0 Å². The zero-order valence-electron chi connectivity index (χ0n) is 10.6. The molecule has 0 spiro atoms. The van der Waals surface area contributed by atoms with Crippen LogP contribution in [-0.2, 0) is 0 Å². The van der Waals surface area contributed by atoms with Gasteiger partial charge in [-0.3, -0.25) is 0 Å². The molecule has 2 aromatic rings. The van der Waals surface area contributed by atoms with Gasteiger partial charge in [0.1, 0.15) is 11.6 Å². The fourth-order valence-electron chi connectivity index (χ4n) is 1.87. The third-order valence-corrected chi connectivity index (χ3v) is 3.85. The Morgan fingerprint density at radius 3 is 2.68 bits per heavy atom. The van der Waals surface area contributed by atoms with E-state index >= 15 is 0 Å². The second-order valence-electron chi connectivity index (χ2n) is 4.27. The Bertz CT molecular complexity index is 591. The summed E-state index contributed by atoms with van der Waals surface area (Å²) in [4.78, 5) is 6.18. The molecule has 0 saturated heterocycles. The summed E-state index contributed by atoms with van der Waals surface area (Å²) >= 11 is 9.30. The lowest BCUT2D eigenvalue weighted by Gasteiger charge is -2.27. The molecule has 19 heavy (non-hydrogen) atoms. The van der Waals surface area contributed by atoms with Crippen molar-refractivity contribution in [2.75, 3.05) is 11.9 Å². The Morgan fingerprint density at radius 1 is 1.37 bits per heavy atom. The van der Waals surface area contributed by atoms with Crippen LogP contribution in [0, 0.1) is 5.82 Å². The highest BCUT2D eigenvalue weighted by atomic mass is 79.9. The minimum Gasteiger partial charge on any atom is -0.352 e. The summed E-state index contributed by atoms with van der Waals surface area (Å²) in [5, 5.41) is 0.558. The van der Waals surface area contributed by atoms with Gasteiger partial charge < -0.3 is 4.90 Å². The SMILES string of the molecule is CC(c1ccccc1F)N(C)c1ncc(Cl)cc1Br. The molecule has 1 aromatic carbocycles. The lowest BCUT2D eigenvalue weighted by Crippen LogP contribution is -2.23. The van der Waals surface area contributed by atoms with E-state index < -0.39 is 0 Å². The molecule has 0 radical (unpaired) electrons. The third-order valence-electron chi connectivity index (χ3n) is 3.06. The Labute approximate surface area is 125 Å². The number of nitrogens with zero attached hydrogens (tertiary/aromatic N) is 2. The summed E-state index contributed by atoms with van der Waals surface area (Å²) in [5.41, 5.74) is 0.633. The van der Waals surface area contributed by atoms with Crippen molar-refractivity contribution in [3.63, 3.8) is 0 Å². The number of rotatable bonds is 3. The number of benzene rings is 1.